The third kappa shape index (κ3) is 1.80. The van der Waals surface area contributed by atoms with Crippen LogP contribution in [0.15, 0.2) is 22.7 Å². The van der Waals surface area contributed by atoms with Crippen LogP contribution in [0.4, 0.5) is 8.78 Å². The Hall–Kier alpha value is -1.82. The number of rotatable bonds is 2. The Labute approximate surface area is 95.6 Å². The molecule has 2 aromatic rings. The van der Waals surface area contributed by atoms with Gasteiger partial charge in [-0.3, -0.25) is 0 Å². The SMILES string of the molecule is Fc1ccc(-c2noc([C@H]3CCN3)n2)cc1F. The molecular weight excluding hydrogens is 228 g/mol. The fourth-order valence-corrected chi connectivity index (χ4v) is 1.63. The monoisotopic (exact) mass is 237 g/mol. The molecule has 1 saturated heterocycles. The van der Waals surface area contributed by atoms with Crippen molar-refractivity contribution in [2.45, 2.75) is 12.5 Å². The third-order valence-electron chi connectivity index (χ3n) is 2.74. The van der Waals surface area contributed by atoms with E-state index in [4.69, 9.17) is 4.52 Å². The van der Waals surface area contributed by atoms with Crippen molar-refractivity contribution in [1.29, 1.82) is 0 Å². The van der Waals surface area contributed by atoms with Gasteiger partial charge in [0.1, 0.15) is 0 Å². The average molecular weight is 237 g/mol. The summed E-state index contributed by atoms with van der Waals surface area (Å²) < 4.78 is 30.8. The van der Waals surface area contributed by atoms with Gasteiger partial charge in [-0.1, -0.05) is 5.16 Å². The molecule has 0 unspecified atom stereocenters. The van der Waals surface area contributed by atoms with Gasteiger partial charge >= 0.3 is 0 Å². The van der Waals surface area contributed by atoms with E-state index in [0.29, 0.717) is 11.5 Å². The van der Waals surface area contributed by atoms with Gasteiger partial charge < -0.3 is 9.84 Å². The Morgan fingerprint density at radius 3 is 2.76 bits per heavy atom. The second-order valence-electron chi connectivity index (χ2n) is 3.88. The standard InChI is InChI=1S/C11H9F2N3O/c12-7-2-1-6(5-8(7)13)10-15-11(17-16-10)9-3-4-14-9/h1-2,5,9,14H,3-4H2/t9-/m1/s1. The van der Waals surface area contributed by atoms with Crippen LogP contribution in [0, 0.1) is 11.6 Å². The Kier molecular flexibility index (Phi) is 2.36. The van der Waals surface area contributed by atoms with Crippen LogP contribution in [0.3, 0.4) is 0 Å². The molecule has 1 aliphatic heterocycles. The van der Waals surface area contributed by atoms with Crippen LogP contribution in [0.1, 0.15) is 18.4 Å². The molecule has 1 fully saturated rings. The molecule has 3 rings (SSSR count). The lowest BCUT2D eigenvalue weighted by Gasteiger charge is -2.23. The van der Waals surface area contributed by atoms with Crippen molar-refractivity contribution in [2.24, 2.45) is 0 Å². The average Bonchev–Trinajstić information content (AvgIpc) is 2.69. The van der Waals surface area contributed by atoms with E-state index in [1.165, 1.54) is 6.07 Å². The van der Waals surface area contributed by atoms with Gasteiger partial charge in [0.15, 0.2) is 11.6 Å². The number of halogens is 2. The number of nitrogens with zero attached hydrogens (tertiary/aromatic N) is 2. The second kappa shape index (κ2) is 3.89. The highest BCUT2D eigenvalue weighted by atomic mass is 19.2. The molecule has 2 heterocycles. The fourth-order valence-electron chi connectivity index (χ4n) is 1.63. The van der Waals surface area contributed by atoms with Crippen LogP contribution in [-0.2, 0) is 0 Å². The molecule has 0 amide bonds. The Morgan fingerprint density at radius 1 is 1.29 bits per heavy atom. The van der Waals surface area contributed by atoms with Gasteiger partial charge in [0.25, 0.3) is 0 Å². The number of hydrogen-bond donors (Lipinski definition) is 1. The van der Waals surface area contributed by atoms with Crippen LogP contribution in [0.5, 0.6) is 0 Å². The zero-order valence-electron chi connectivity index (χ0n) is 8.78. The van der Waals surface area contributed by atoms with Crippen LogP contribution in [-0.4, -0.2) is 16.7 Å². The maximum Gasteiger partial charge on any atom is 0.244 e. The van der Waals surface area contributed by atoms with Crippen molar-refractivity contribution in [3.8, 4) is 11.4 Å². The van der Waals surface area contributed by atoms with Gasteiger partial charge in [-0.2, -0.15) is 4.98 Å². The van der Waals surface area contributed by atoms with Crippen LogP contribution in [0.2, 0.25) is 0 Å². The van der Waals surface area contributed by atoms with Gasteiger partial charge in [-0.15, -0.1) is 0 Å². The third-order valence-corrected chi connectivity index (χ3v) is 2.74. The highest BCUT2D eigenvalue weighted by molar-refractivity contribution is 5.54. The van der Waals surface area contributed by atoms with Crippen molar-refractivity contribution >= 4 is 0 Å². The predicted octanol–water partition coefficient (Wildman–Crippen LogP) is 2.05. The largest absolute Gasteiger partial charge is 0.337 e. The molecule has 0 radical (unpaired) electrons. The summed E-state index contributed by atoms with van der Waals surface area (Å²) >= 11 is 0. The maximum absolute atomic E-state index is 13.0. The molecule has 1 aromatic carbocycles. The minimum atomic E-state index is -0.921. The van der Waals surface area contributed by atoms with Crippen LogP contribution >= 0.6 is 0 Å². The van der Waals surface area contributed by atoms with E-state index in [0.717, 1.165) is 25.1 Å². The summed E-state index contributed by atoms with van der Waals surface area (Å²) in [4.78, 5) is 4.14. The summed E-state index contributed by atoms with van der Waals surface area (Å²) in [5.41, 5.74) is 0.401. The molecule has 1 N–H and O–H groups in total. The quantitative estimate of drug-likeness (QED) is 0.868. The van der Waals surface area contributed by atoms with Gasteiger partial charge in [-0.05, 0) is 31.2 Å². The van der Waals surface area contributed by atoms with E-state index < -0.39 is 11.6 Å². The van der Waals surface area contributed by atoms with Crippen molar-refractivity contribution < 1.29 is 13.3 Å². The molecule has 0 saturated carbocycles. The highest BCUT2D eigenvalue weighted by Crippen LogP contribution is 2.24. The summed E-state index contributed by atoms with van der Waals surface area (Å²) in [7, 11) is 0. The molecular formula is C11H9F2N3O. The molecule has 1 atom stereocenters. The summed E-state index contributed by atoms with van der Waals surface area (Å²) in [6.45, 7) is 0.924. The lowest BCUT2D eigenvalue weighted by molar-refractivity contribution is 0.273. The molecule has 0 spiro atoms. The summed E-state index contributed by atoms with van der Waals surface area (Å²) in [5, 5.41) is 6.86. The summed E-state index contributed by atoms with van der Waals surface area (Å²) in [5.74, 6) is -1.06. The molecule has 4 nitrogen and oxygen atoms in total. The first-order chi connectivity index (χ1) is 8.24. The molecule has 17 heavy (non-hydrogen) atoms. The summed E-state index contributed by atoms with van der Waals surface area (Å²) in [6.07, 6.45) is 0.944. The van der Waals surface area contributed by atoms with Crippen molar-refractivity contribution in [3.63, 3.8) is 0 Å². The number of aromatic nitrogens is 2. The van der Waals surface area contributed by atoms with Gasteiger partial charge in [0.2, 0.25) is 11.7 Å². The van der Waals surface area contributed by atoms with Crippen LogP contribution < -0.4 is 5.32 Å². The molecule has 0 bridgehead atoms. The number of nitrogens with one attached hydrogen (secondary N) is 1. The van der Waals surface area contributed by atoms with Crippen LogP contribution in [0.25, 0.3) is 11.4 Å². The number of benzene rings is 1. The molecule has 1 aliphatic rings. The first-order valence-electron chi connectivity index (χ1n) is 5.26. The Balaban J connectivity index is 1.92. The lowest BCUT2D eigenvalue weighted by Crippen LogP contribution is -2.35. The van der Waals surface area contributed by atoms with Gasteiger partial charge in [-0.25, -0.2) is 8.78 Å². The van der Waals surface area contributed by atoms with E-state index in [9.17, 15) is 8.78 Å². The smallest absolute Gasteiger partial charge is 0.244 e. The van der Waals surface area contributed by atoms with E-state index in [1.54, 1.807) is 0 Å². The van der Waals surface area contributed by atoms with Gasteiger partial charge in [0.05, 0.1) is 6.04 Å². The van der Waals surface area contributed by atoms with E-state index >= 15 is 0 Å². The van der Waals surface area contributed by atoms with Crippen molar-refractivity contribution in [2.75, 3.05) is 6.54 Å². The fraction of sp³-hybridized carbons (Fsp3) is 0.273. The lowest BCUT2D eigenvalue weighted by atomic mass is 10.1. The second-order valence-corrected chi connectivity index (χ2v) is 3.88. The first kappa shape index (κ1) is 10.3. The highest BCUT2D eigenvalue weighted by Gasteiger charge is 2.25. The van der Waals surface area contributed by atoms with E-state index in [2.05, 4.69) is 15.5 Å². The Morgan fingerprint density at radius 2 is 2.12 bits per heavy atom. The van der Waals surface area contributed by atoms with E-state index in [1.807, 2.05) is 0 Å². The van der Waals surface area contributed by atoms with Gasteiger partial charge in [0, 0.05) is 5.56 Å². The Bertz CT molecular complexity index is 551. The molecule has 0 aliphatic carbocycles. The van der Waals surface area contributed by atoms with E-state index in [-0.39, 0.29) is 11.9 Å². The predicted molar refractivity (Wildman–Crippen MR) is 55.0 cm³/mol. The topological polar surface area (TPSA) is 51.0 Å². The zero-order chi connectivity index (χ0) is 11.8. The normalized spacial score (nSPS) is 19.1. The molecule has 88 valence electrons. The molecule has 1 aromatic heterocycles. The van der Waals surface area contributed by atoms with Crippen molar-refractivity contribution in [3.05, 3.63) is 35.7 Å². The minimum Gasteiger partial charge on any atom is -0.337 e. The molecule has 6 heteroatoms. The van der Waals surface area contributed by atoms with Crippen molar-refractivity contribution in [1.82, 2.24) is 15.5 Å². The zero-order valence-corrected chi connectivity index (χ0v) is 8.78. The summed E-state index contributed by atoms with van der Waals surface area (Å²) in [6, 6.07) is 3.60. The first-order valence-corrected chi connectivity index (χ1v) is 5.26. The number of hydrogen-bond acceptors (Lipinski definition) is 4. The minimum absolute atomic E-state index is 0.0848. The maximum atomic E-state index is 13.0.